The molecule has 2 N–H and O–H groups in total. The summed E-state index contributed by atoms with van der Waals surface area (Å²) in [5.41, 5.74) is 1.08. The number of amides is 1. The molecule has 5 heteroatoms. The molecule has 19 heavy (non-hydrogen) atoms. The fraction of sp³-hybridized carbons (Fsp3) is 0.357. The van der Waals surface area contributed by atoms with Crippen molar-refractivity contribution in [2.45, 2.75) is 20.8 Å². The minimum Gasteiger partial charge on any atom is -0.351 e. The van der Waals surface area contributed by atoms with Gasteiger partial charge in [0.2, 0.25) is 0 Å². The van der Waals surface area contributed by atoms with Crippen molar-refractivity contribution >= 4 is 11.7 Å². The molecule has 1 rings (SSSR count). The van der Waals surface area contributed by atoms with Gasteiger partial charge in [0.15, 0.2) is 0 Å². The molecule has 0 fully saturated rings. The van der Waals surface area contributed by atoms with E-state index >= 15 is 0 Å². The predicted octanol–water partition coefficient (Wildman–Crippen LogP) is 1.98. The largest absolute Gasteiger partial charge is 0.351 e. The third kappa shape index (κ3) is 5.21. The molecule has 0 spiro atoms. The Balaban J connectivity index is 2.67. The molecule has 5 nitrogen and oxygen atoms in total. The van der Waals surface area contributed by atoms with Gasteiger partial charge in [-0.2, -0.15) is 5.26 Å². The van der Waals surface area contributed by atoms with Crippen LogP contribution in [-0.2, 0) is 4.79 Å². The number of nitrogens with zero attached hydrogens (tertiary/aromatic N) is 2. The number of anilines is 1. The van der Waals surface area contributed by atoms with Gasteiger partial charge in [0.25, 0.3) is 5.91 Å². The predicted molar refractivity (Wildman–Crippen MR) is 74.1 cm³/mol. The van der Waals surface area contributed by atoms with Gasteiger partial charge in [-0.1, -0.05) is 13.8 Å². The summed E-state index contributed by atoms with van der Waals surface area (Å²) in [7, 11) is 0. The first-order chi connectivity index (χ1) is 9.02. The van der Waals surface area contributed by atoms with Crippen molar-refractivity contribution in [3.8, 4) is 6.07 Å². The molecule has 1 amide bonds. The summed E-state index contributed by atoms with van der Waals surface area (Å²) in [6.07, 6.45) is 3.04. The van der Waals surface area contributed by atoms with E-state index in [0.717, 1.165) is 5.56 Å². The number of nitriles is 1. The maximum atomic E-state index is 11.7. The van der Waals surface area contributed by atoms with E-state index in [1.165, 1.54) is 6.20 Å². The van der Waals surface area contributed by atoms with Gasteiger partial charge in [0.05, 0.1) is 0 Å². The van der Waals surface area contributed by atoms with E-state index < -0.39 is 0 Å². The molecule has 0 aliphatic rings. The molecule has 0 aliphatic heterocycles. The number of carbonyl (C=O) groups excluding carboxylic acids is 1. The number of pyridine rings is 1. The Labute approximate surface area is 113 Å². The Bertz CT molecular complexity index is 514. The third-order valence-corrected chi connectivity index (χ3v) is 2.32. The summed E-state index contributed by atoms with van der Waals surface area (Å²) in [4.78, 5) is 15.8. The fourth-order valence-electron chi connectivity index (χ4n) is 1.30. The van der Waals surface area contributed by atoms with Crippen LogP contribution in [0.2, 0.25) is 0 Å². The normalized spacial score (nSPS) is 11.0. The van der Waals surface area contributed by atoms with Gasteiger partial charge in [-0.05, 0) is 30.5 Å². The molecule has 0 unspecified atom stereocenters. The van der Waals surface area contributed by atoms with Crippen LogP contribution >= 0.6 is 0 Å². The van der Waals surface area contributed by atoms with Crippen LogP contribution in [0.3, 0.4) is 0 Å². The molecule has 0 bridgehead atoms. The van der Waals surface area contributed by atoms with Gasteiger partial charge in [-0.3, -0.25) is 4.79 Å². The zero-order valence-corrected chi connectivity index (χ0v) is 11.4. The monoisotopic (exact) mass is 258 g/mol. The molecule has 100 valence electrons. The molecule has 0 saturated carbocycles. The number of aromatic nitrogens is 1. The van der Waals surface area contributed by atoms with E-state index in [-0.39, 0.29) is 11.5 Å². The second kappa shape index (κ2) is 7.17. The van der Waals surface area contributed by atoms with Gasteiger partial charge in [-0.25, -0.2) is 4.98 Å². The lowest BCUT2D eigenvalue weighted by Crippen LogP contribution is -2.28. The second-order valence-corrected chi connectivity index (χ2v) is 4.64. The quantitative estimate of drug-likeness (QED) is 0.625. The zero-order valence-electron chi connectivity index (χ0n) is 11.4. The topological polar surface area (TPSA) is 77.8 Å². The van der Waals surface area contributed by atoms with Gasteiger partial charge >= 0.3 is 0 Å². The summed E-state index contributed by atoms with van der Waals surface area (Å²) in [6, 6.07) is 5.57. The van der Waals surface area contributed by atoms with Crippen LogP contribution in [0.1, 0.15) is 19.4 Å². The van der Waals surface area contributed by atoms with E-state index in [4.69, 9.17) is 5.26 Å². The second-order valence-electron chi connectivity index (χ2n) is 4.64. The standard InChI is InChI=1S/C14H18N4O/c1-10(2)8-18-14(19)12(7-15)9-17-13-6-11(3)4-5-16-13/h4-6,9-10H,8H2,1-3H3,(H,16,17)(H,18,19)/b12-9-. The molecule has 1 aromatic rings. The number of hydrogen-bond acceptors (Lipinski definition) is 4. The van der Waals surface area contributed by atoms with Crippen molar-refractivity contribution in [2.24, 2.45) is 5.92 Å². The number of rotatable bonds is 5. The van der Waals surface area contributed by atoms with Crippen LogP contribution in [0, 0.1) is 24.2 Å². The number of carbonyl (C=O) groups is 1. The Morgan fingerprint density at radius 2 is 2.32 bits per heavy atom. The van der Waals surface area contributed by atoms with E-state index in [1.54, 1.807) is 6.20 Å². The summed E-state index contributed by atoms with van der Waals surface area (Å²) in [5.74, 6) is 0.566. The highest BCUT2D eigenvalue weighted by Crippen LogP contribution is 2.06. The number of nitrogens with one attached hydrogen (secondary N) is 2. The summed E-state index contributed by atoms with van der Waals surface area (Å²) < 4.78 is 0. The van der Waals surface area contributed by atoms with Crippen LogP contribution in [-0.4, -0.2) is 17.4 Å². The van der Waals surface area contributed by atoms with Gasteiger partial charge in [0.1, 0.15) is 17.5 Å². The van der Waals surface area contributed by atoms with E-state index in [0.29, 0.717) is 18.3 Å². The first-order valence-corrected chi connectivity index (χ1v) is 6.10. The first-order valence-electron chi connectivity index (χ1n) is 6.10. The molecular formula is C14H18N4O. The van der Waals surface area contributed by atoms with Crippen molar-refractivity contribution in [3.05, 3.63) is 35.7 Å². The highest BCUT2D eigenvalue weighted by Gasteiger charge is 2.08. The fourth-order valence-corrected chi connectivity index (χ4v) is 1.30. The molecule has 1 heterocycles. The van der Waals surface area contributed by atoms with E-state index in [9.17, 15) is 4.79 Å². The average Bonchev–Trinajstić information content (AvgIpc) is 2.37. The molecule has 0 saturated heterocycles. The van der Waals surface area contributed by atoms with Crippen LogP contribution in [0.25, 0.3) is 0 Å². The van der Waals surface area contributed by atoms with E-state index in [2.05, 4.69) is 15.6 Å². The van der Waals surface area contributed by atoms with Crippen molar-refractivity contribution < 1.29 is 4.79 Å². The Morgan fingerprint density at radius 1 is 1.58 bits per heavy atom. The van der Waals surface area contributed by atoms with Crippen LogP contribution < -0.4 is 10.6 Å². The van der Waals surface area contributed by atoms with Crippen LogP contribution in [0.4, 0.5) is 5.82 Å². The molecule has 0 radical (unpaired) electrons. The lowest BCUT2D eigenvalue weighted by atomic mass is 10.2. The minimum absolute atomic E-state index is 0.0314. The molecule has 0 aliphatic carbocycles. The molecule has 0 atom stereocenters. The van der Waals surface area contributed by atoms with Crippen molar-refractivity contribution in [1.29, 1.82) is 5.26 Å². The van der Waals surface area contributed by atoms with Gasteiger partial charge in [0, 0.05) is 18.9 Å². The summed E-state index contributed by atoms with van der Waals surface area (Å²) >= 11 is 0. The Morgan fingerprint density at radius 3 is 2.89 bits per heavy atom. The van der Waals surface area contributed by atoms with Crippen molar-refractivity contribution in [3.63, 3.8) is 0 Å². The average molecular weight is 258 g/mol. The summed E-state index contributed by atoms with van der Waals surface area (Å²) in [6.45, 7) is 6.47. The lowest BCUT2D eigenvalue weighted by Gasteiger charge is -2.07. The Hall–Kier alpha value is -2.35. The van der Waals surface area contributed by atoms with Crippen LogP contribution in [0.5, 0.6) is 0 Å². The first kappa shape index (κ1) is 14.7. The van der Waals surface area contributed by atoms with Crippen molar-refractivity contribution in [1.82, 2.24) is 10.3 Å². The lowest BCUT2D eigenvalue weighted by molar-refractivity contribution is -0.117. The number of hydrogen-bond donors (Lipinski definition) is 2. The van der Waals surface area contributed by atoms with Gasteiger partial charge < -0.3 is 10.6 Å². The third-order valence-electron chi connectivity index (χ3n) is 2.32. The number of aryl methyl sites for hydroxylation is 1. The maximum absolute atomic E-state index is 11.7. The Kier molecular flexibility index (Phi) is 5.55. The highest BCUT2D eigenvalue weighted by atomic mass is 16.1. The van der Waals surface area contributed by atoms with E-state index in [1.807, 2.05) is 39.0 Å². The maximum Gasteiger partial charge on any atom is 0.263 e. The van der Waals surface area contributed by atoms with Gasteiger partial charge in [-0.15, -0.1) is 0 Å². The molecule has 0 aromatic carbocycles. The van der Waals surface area contributed by atoms with Crippen molar-refractivity contribution in [2.75, 3.05) is 11.9 Å². The highest BCUT2D eigenvalue weighted by molar-refractivity contribution is 5.97. The summed E-state index contributed by atoms with van der Waals surface area (Å²) in [5, 5.41) is 14.5. The zero-order chi connectivity index (χ0) is 14.3. The smallest absolute Gasteiger partial charge is 0.263 e. The molecule has 1 aromatic heterocycles. The molecular weight excluding hydrogens is 240 g/mol. The SMILES string of the molecule is Cc1ccnc(N/C=C(/C#N)C(=O)NCC(C)C)c1. The van der Waals surface area contributed by atoms with Crippen LogP contribution in [0.15, 0.2) is 30.1 Å². The minimum atomic E-state index is -0.378.